The quantitative estimate of drug-likeness (QED) is 0.483. The summed E-state index contributed by atoms with van der Waals surface area (Å²) < 4.78 is 28.7. The lowest BCUT2D eigenvalue weighted by Gasteiger charge is -2.23. The number of halogens is 1. The fourth-order valence-corrected chi connectivity index (χ4v) is 3.24. The van der Waals surface area contributed by atoms with Crippen molar-refractivity contribution in [2.45, 2.75) is 43.1 Å². The molecule has 1 aromatic carbocycles. The molecule has 0 atom stereocenters. The van der Waals surface area contributed by atoms with Gasteiger partial charge in [-0.15, -0.1) is 0 Å². The summed E-state index contributed by atoms with van der Waals surface area (Å²) in [6.07, 6.45) is 4.82. The van der Waals surface area contributed by atoms with Crippen molar-refractivity contribution in [3.63, 3.8) is 0 Å². The minimum Gasteiger partial charge on any atom is -0.489 e. The molecule has 1 aliphatic rings. The van der Waals surface area contributed by atoms with Crippen molar-refractivity contribution in [3.05, 3.63) is 28.3 Å². The highest BCUT2D eigenvalue weighted by Crippen LogP contribution is 2.33. The number of rotatable bonds is 4. The monoisotopic (exact) mass is 319 g/mol. The molecule has 0 unspecified atom stereocenters. The van der Waals surface area contributed by atoms with Crippen LogP contribution in [0.4, 0.5) is 5.69 Å². The molecular formula is C12H14ClNO5S. The van der Waals surface area contributed by atoms with Gasteiger partial charge in [0.1, 0.15) is 10.6 Å². The van der Waals surface area contributed by atoms with E-state index in [9.17, 15) is 18.5 Å². The Labute approximate surface area is 121 Å². The van der Waals surface area contributed by atoms with E-state index in [0.717, 1.165) is 38.2 Å². The van der Waals surface area contributed by atoms with E-state index in [0.29, 0.717) is 0 Å². The highest BCUT2D eigenvalue weighted by atomic mass is 35.7. The number of non-ortho nitro benzene ring substituents is 1. The molecule has 0 aromatic heterocycles. The number of nitro groups is 1. The summed E-state index contributed by atoms with van der Waals surface area (Å²) >= 11 is 0. The van der Waals surface area contributed by atoms with Crippen molar-refractivity contribution < 1.29 is 18.1 Å². The maximum atomic E-state index is 11.5. The van der Waals surface area contributed by atoms with Gasteiger partial charge in [-0.25, -0.2) is 8.42 Å². The van der Waals surface area contributed by atoms with Crippen molar-refractivity contribution in [1.82, 2.24) is 0 Å². The lowest BCUT2D eigenvalue weighted by atomic mass is 9.98. The predicted octanol–water partition coefficient (Wildman–Crippen LogP) is 3.23. The lowest BCUT2D eigenvalue weighted by molar-refractivity contribution is -0.385. The molecule has 20 heavy (non-hydrogen) atoms. The normalized spacial score (nSPS) is 16.9. The van der Waals surface area contributed by atoms with Crippen molar-refractivity contribution in [3.8, 4) is 5.75 Å². The van der Waals surface area contributed by atoms with Gasteiger partial charge in [-0.2, -0.15) is 0 Å². The van der Waals surface area contributed by atoms with Gasteiger partial charge >= 0.3 is 0 Å². The second kappa shape index (κ2) is 5.97. The van der Waals surface area contributed by atoms with Gasteiger partial charge in [0.05, 0.1) is 11.0 Å². The minimum atomic E-state index is -4.10. The molecule has 1 saturated carbocycles. The van der Waals surface area contributed by atoms with Gasteiger partial charge in [0.25, 0.3) is 14.7 Å². The number of ether oxygens (including phenoxy) is 1. The molecule has 0 bridgehead atoms. The molecule has 110 valence electrons. The number of benzene rings is 1. The first kappa shape index (κ1) is 15.1. The third-order valence-corrected chi connectivity index (χ3v) is 4.59. The van der Waals surface area contributed by atoms with Crippen LogP contribution < -0.4 is 4.74 Å². The third kappa shape index (κ3) is 3.61. The molecule has 0 spiro atoms. The van der Waals surface area contributed by atoms with Crippen molar-refractivity contribution in [2.24, 2.45) is 0 Å². The van der Waals surface area contributed by atoms with Crippen LogP contribution in [0.25, 0.3) is 0 Å². The zero-order chi connectivity index (χ0) is 14.8. The highest BCUT2D eigenvalue weighted by molar-refractivity contribution is 8.13. The standard InChI is InChI=1S/C12H14ClNO5S/c13-20(17,18)12-8-9(14(15)16)6-7-11(12)19-10-4-2-1-3-5-10/h6-8,10H,1-5H2. The average Bonchev–Trinajstić information content (AvgIpc) is 2.39. The topological polar surface area (TPSA) is 86.5 Å². The molecule has 1 aromatic rings. The summed E-state index contributed by atoms with van der Waals surface area (Å²) in [5, 5.41) is 10.7. The predicted molar refractivity (Wildman–Crippen MR) is 73.6 cm³/mol. The summed E-state index contributed by atoms with van der Waals surface area (Å²) in [5.74, 6) is 0.0810. The summed E-state index contributed by atoms with van der Waals surface area (Å²) in [6, 6.07) is 3.44. The number of nitro benzene ring substituents is 1. The second-order valence-corrected chi connectivity index (χ2v) is 7.24. The largest absolute Gasteiger partial charge is 0.489 e. The molecule has 0 N–H and O–H groups in total. The maximum Gasteiger partial charge on any atom is 0.271 e. The van der Waals surface area contributed by atoms with E-state index >= 15 is 0 Å². The van der Waals surface area contributed by atoms with Crippen LogP contribution >= 0.6 is 10.7 Å². The van der Waals surface area contributed by atoms with Gasteiger partial charge in [0.15, 0.2) is 0 Å². The summed E-state index contributed by atoms with van der Waals surface area (Å²) in [6.45, 7) is 0. The van der Waals surface area contributed by atoms with E-state index in [4.69, 9.17) is 15.4 Å². The molecule has 0 amide bonds. The zero-order valence-corrected chi connectivity index (χ0v) is 12.2. The van der Waals surface area contributed by atoms with Crippen LogP contribution in [0.1, 0.15) is 32.1 Å². The number of hydrogen-bond acceptors (Lipinski definition) is 5. The fourth-order valence-electron chi connectivity index (χ4n) is 2.26. The van der Waals surface area contributed by atoms with Crippen molar-refractivity contribution in [2.75, 3.05) is 0 Å². The van der Waals surface area contributed by atoms with Gasteiger partial charge in [0.2, 0.25) is 0 Å². The van der Waals surface area contributed by atoms with Crippen LogP contribution in [0, 0.1) is 10.1 Å². The molecule has 1 aliphatic carbocycles. The zero-order valence-electron chi connectivity index (χ0n) is 10.6. The minimum absolute atomic E-state index is 0.0672. The van der Waals surface area contributed by atoms with Gasteiger partial charge < -0.3 is 4.74 Å². The fraction of sp³-hybridized carbons (Fsp3) is 0.500. The van der Waals surface area contributed by atoms with Gasteiger partial charge in [0, 0.05) is 22.8 Å². The summed E-state index contributed by atoms with van der Waals surface area (Å²) in [4.78, 5) is 9.69. The van der Waals surface area contributed by atoms with Crippen LogP contribution in [0.5, 0.6) is 5.75 Å². The van der Waals surface area contributed by atoms with Crippen LogP contribution in [0.15, 0.2) is 23.1 Å². The number of nitrogens with zero attached hydrogens (tertiary/aromatic N) is 1. The van der Waals surface area contributed by atoms with Crippen LogP contribution in [0.2, 0.25) is 0 Å². The molecule has 8 heteroatoms. The maximum absolute atomic E-state index is 11.5. The lowest BCUT2D eigenvalue weighted by Crippen LogP contribution is -2.20. The Balaban J connectivity index is 2.33. The van der Waals surface area contributed by atoms with Crippen molar-refractivity contribution >= 4 is 25.4 Å². The van der Waals surface area contributed by atoms with E-state index in [-0.39, 0.29) is 22.4 Å². The van der Waals surface area contributed by atoms with Crippen LogP contribution in [0.3, 0.4) is 0 Å². The molecule has 0 saturated heterocycles. The van der Waals surface area contributed by atoms with Gasteiger partial charge in [-0.05, 0) is 31.7 Å². The molecule has 0 aliphatic heterocycles. The van der Waals surface area contributed by atoms with E-state index in [1.807, 2.05) is 0 Å². The van der Waals surface area contributed by atoms with Crippen molar-refractivity contribution in [1.29, 1.82) is 0 Å². The third-order valence-electron chi connectivity index (χ3n) is 3.25. The molecule has 1 fully saturated rings. The molecule has 6 nitrogen and oxygen atoms in total. The van der Waals surface area contributed by atoms with E-state index in [1.165, 1.54) is 12.1 Å². The van der Waals surface area contributed by atoms with E-state index in [1.54, 1.807) is 0 Å². The first-order valence-corrected chi connectivity index (χ1v) is 8.58. The smallest absolute Gasteiger partial charge is 0.271 e. The Morgan fingerprint density at radius 1 is 1.25 bits per heavy atom. The van der Waals surface area contributed by atoms with Crippen LogP contribution in [-0.2, 0) is 9.05 Å². The molecule has 0 radical (unpaired) electrons. The number of hydrogen-bond donors (Lipinski definition) is 0. The molecule has 2 rings (SSSR count). The Hall–Kier alpha value is -1.34. The SMILES string of the molecule is O=[N+]([O-])c1ccc(OC2CCCCC2)c(S(=O)(=O)Cl)c1. The Kier molecular flexibility index (Phi) is 4.49. The van der Waals surface area contributed by atoms with Gasteiger partial charge in [-0.1, -0.05) is 6.42 Å². The highest BCUT2D eigenvalue weighted by Gasteiger charge is 2.24. The Morgan fingerprint density at radius 2 is 1.90 bits per heavy atom. The van der Waals surface area contributed by atoms with Gasteiger partial charge in [-0.3, -0.25) is 10.1 Å². The van der Waals surface area contributed by atoms with E-state index in [2.05, 4.69) is 0 Å². The van der Waals surface area contributed by atoms with Crippen LogP contribution in [-0.4, -0.2) is 19.4 Å². The first-order valence-electron chi connectivity index (χ1n) is 6.27. The average molecular weight is 320 g/mol. The molecular weight excluding hydrogens is 306 g/mol. The second-order valence-electron chi connectivity index (χ2n) is 4.70. The Morgan fingerprint density at radius 3 is 2.45 bits per heavy atom. The summed E-state index contributed by atoms with van der Waals surface area (Å²) in [5.41, 5.74) is -0.333. The Bertz CT molecular complexity index is 610. The molecule has 0 heterocycles. The van der Waals surface area contributed by atoms with E-state index < -0.39 is 14.0 Å². The summed E-state index contributed by atoms with van der Waals surface area (Å²) in [7, 11) is 1.23. The first-order chi connectivity index (χ1) is 9.38.